The number of carboxylic acid groups (broad SMARTS) is 1. The molecule has 0 radical (unpaired) electrons. The van der Waals surface area contributed by atoms with Crippen LogP contribution in [0.1, 0.15) is 19.8 Å². The lowest BCUT2D eigenvalue weighted by atomic mass is 10.2. The zero-order chi connectivity index (χ0) is 15.5. The first-order valence-electron chi connectivity index (χ1n) is 5.38. The van der Waals surface area contributed by atoms with Gasteiger partial charge in [0.05, 0.1) is 4.92 Å². The molecule has 0 aromatic carbocycles. The lowest BCUT2D eigenvalue weighted by Crippen LogP contribution is -2.40. The minimum Gasteiger partial charge on any atom is -0.480 e. The Labute approximate surface area is 123 Å². The number of hydrogen-bond donors (Lipinski definition) is 2. The minimum atomic E-state index is -4.16. The van der Waals surface area contributed by atoms with Crippen LogP contribution in [0.3, 0.4) is 0 Å². The van der Waals surface area contributed by atoms with Crippen LogP contribution in [0.5, 0.6) is 0 Å². The van der Waals surface area contributed by atoms with Gasteiger partial charge in [-0.2, -0.15) is 4.72 Å². The highest BCUT2D eigenvalue weighted by atomic mass is 35.5. The van der Waals surface area contributed by atoms with Gasteiger partial charge >= 0.3 is 5.97 Å². The molecule has 0 saturated carbocycles. The van der Waals surface area contributed by atoms with E-state index in [0.29, 0.717) is 17.8 Å². The van der Waals surface area contributed by atoms with Gasteiger partial charge in [-0.25, -0.2) is 8.42 Å². The lowest BCUT2D eigenvalue weighted by molar-refractivity contribution is -0.384. The number of sulfonamides is 1. The number of nitrogens with one attached hydrogen (secondary N) is 1. The molecule has 112 valence electrons. The smallest absolute Gasteiger partial charge is 0.321 e. The molecule has 1 rings (SSSR count). The number of aliphatic carboxylic acids is 1. The molecule has 0 aliphatic carbocycles. The van der Waals surface area contributed by atoms with E-state index in [-0.39, 0.29) is 10.8 Å². The summed E-state index contributed by atoms with van der Waals surface area (Å²) in [6.45, 7) is 1.71. The molecule has 0 aliphatic rings. The Morgan fingerprint density at radius 3 is 2.65 bits per heavy atom. The normalized spacial score (nSPS) is 13.1. The Morgan fingerprint density at radius 2 is 2.25 bits per heavy atom. The van der Waals surface area contributed by atoms with Crippen molar-refractivity contribution in [3.05, 3.63) is 20.5 Å². The van der Waals surface area contributed by atoms with E-state index in [4.69, 9.17) is 16.7 Å². The van der Waals surface area contributed by atoms with Gasteiger partial charge in [0.15, 0.2) is 4.34 Å². The third-order valence-corrected chi connectivity index (χ3v) is 5.56. The molecule has 0 fully saturated rings. The topological polar surface area (TPSA) is 127 Å². The van der Waals surface area contributed by atoms with Gasteiger partial charge < -0.3 is 5.11 Å². The molecular formula is C9H11ClN2O6S2. The second-order valence-electron chi connectivity index (χ2n) is 3.78. The maximum atomic E-state index is 12.0. The van der Waals surface area contributed by atoms with Gasteiger partial charge in [0.25, 0.3) is 15.7 Å². The highest BCUT2D eigenvalue weighted by Gasteiger charge is 2.29. The molecule has 1 unspecified atom stereocenters. The molecule has 20 heavy (non-hydrogen) atoms. The Bertz CT molecular complexity index is 626. The van der Waals surface area contributed by atoms with E-state index in [0.717, 1.165) is 6.07 Å². The van der Waals surface area contributed by atoms with Gasteiger partial charge in [-0.15, -0.1) is 11.3 Å². The first-order chi connectivity index (χ1) is 9.19. The van der Waals surface area contributed by atoms with Crippen LogP contribution in [0, 0.1) is 10.1 Å². The molecule has 11 heteroatoms. The number of hydrogen-bond acceptors (Lipinski definition) is 6. The van der Waals surface area contributed by atoms with E-state index < -0.39 is 36.9 Å². The average molecular weight is 343 g/mol. The van der Waals surface area contributed by atoms with Crippen molar-refractivity contribution in [2.45, 2.75) is 30.0 Å². The molecule has 8 nitrogen and oxygen atoms in total. The maximum absolute atomic E-state index is 12.0. The van der Waals surface area contributed by atoms with E-state index >= 15 is 0 Å². The van der Waals surface area contributed by atoms with Crippen molar-refractivity contribution < 1.29 is 23.2 Å². The number of carboxylic acids is 1. The van der Waals surface area contributed by atoms with Crippen molar-refractivity contribution >= 4 is 44.6 Å². The number of thiophene rings is 1. The van der Waals surface area contributed by atoms with Gasteiger partial charge in [0.1, 0.15) is 10.3 Å². The minimum absolute atomic E-state index is 0.107. The maximum Gasteiger partial charge on any atom is 0.321 e. The number of nitro groups is 1. The van der Waals surface area contributed by atoms with Gasteiger partial charge in [-0.05, 0) is 6.42 Å². The standard InChI is InChI=1S/C9H11ClN2O6S2/c1-2-3-5(9(13)14)11-20(17,18)7-4-6(12(15)16)8(10)19-7/h4-5,11H,2-3H2,1H3,(H,13,14). The molecule has 1 heterocycles. The van der Waals surface area contributed by atoms with Crippen LogP contribution >= 0.6 is 22.9 Å². The second-order valence-corrected chi connectivity index (χ2v) is 7.38. The predicted molar refractivity (Wildman–Crippen MR) is 72.6 cm³/mol. The van der Waals surface area contributed by atoms with Gasteiger partial charge in [-0.1, -0.05) is 24.9 Å². The molecule has 0 aliphatic heterocycles. The molecule has 1 aromatic rings. The summed E-state index contributed by atoms with van der Waals surface area (Å²) in [6.07, 6.45) is 0.570. The van der Waals surface area contributed by atoms with Crippen molar-refractivity contribution in [2.24, 2.45) is 0 Å². The summed E-state index contributed by atoms with van der Waals surface area (Å²) in [6, 6.07) is -0.481. The Morgan fingerprint density at radius 1 is 1.65 bits per heavy atom. The van der Waals surface area contributed by atoms with Crippen molar-refractivity contribution in [2.75, 3.05) is 0 Å². The van der Waals surface area contributed by atoms with Crippen molar-refractivity contribution in [3.8, 4) is 0 Å². The molecule has 0 saturated heterocycles. The zero-order valence-electron chi connectivity index (χ0n) is 10.2. The van der Waals surface area contributed by atoms with Crippen LogP contribution in [-0.4, -0.2) is 30.5 Å². The van der Waals surface area contributed by atoms with Crippen LogP contribution in [-0.2, 0) is 14.8 Å². The summed E-state index contributed by atoms with van der Waals surface area (Å²) in [5, 5.41) is 19.5. The lowest BCUT2D eigenvalue weighted by Gasteiger charge is -2.12. The number of carbonyl (C=O) groups is 1. The van der Waals surface area contributed by atoms with Crippen LogP contribution in [0.15, 0.2) is 10.3 Å². The average Bonchev–Trinajstić information content (AvgIpc) is 2.71. The molecule has 0 amide bonds. The first kappa shape index (κ1) is 16.8. The third kappa shape index (κ3) is 3.88. The summed E-state index contributed by atoms with van der Waals surface area (Å²) in [5.74, 6) is -1.31. The fraction of sp³-hybridized carbons (Fsp3) is 0.444. The van der Waals surface area contributed by atoms with Crippen LogP contribution < -0.4 is 4.72 Å². The summed E-state index contributed by atoms with van der Waals surface area (Å²) >= 11 is 6.08. The van der Waals surface area contributed by atoms with E-state index in [1.54, 1.807) is 6.92 Å². The largest absolute Gasteiger partial charge is 0.480 e. The van der Waals surface area contributed by atoms with Crippen molar-refractivity contribution in [1.82, 2.24) is 4.72 Å². The quantitative estimate of drug-likeness (QED) is 0.575. The molecular weight excluding hydrogens is 332 g/mol. The summed E-state index contributed by atoms with van der Waals surface area (Å²) < 4.78 is 25.2. The van der Waals surface area contributed by atoms with Gasteiger partial charge in [0, 0.05) is 6.07 Å². The highest BCUT2D eigenvalue weighted by Crippen LogP contribution is 2.36. The SMILES string of the molecule is CCCC(NS(=O)(=O)c1cc([N+](=O)[O-])c(Cl)s1)C(=O)O. The van der Waals surface area contributed by atoms with Crippen LogP contribution in [0.2, 0.25) is 4.34 Å². The summed E-state index contributed by atoms with van der Waals surface area (Å²) in [5.41, 5.74) is -0.528. The number of halogens is 1. The summed E-state index contributed by atoms with van der Waals surface area (Å²) in [7, 11) is -4.16. The fourth-order valence-electron chi connectivity index (χ4n) is 1.36. The van der Waals surface area contributed by atoms with Crippen molar-refractivity contribution in [3.63, 3.8) is 0 Å². The fourth-order valence-corrected chi connectivity index (χ4v) is 4.27. The molecule has 2 N–H and O–H groups in total. The highest BCUT2D eigenvalue weighted by molar-refractivity contribution is 7.91. The second kappa shape index (κ2) is 6.48. The van der Waals surface area contributed by atoms with Crippen LogP contribution in [0.4, 0.5) is 5.69 Å². The van der Waals surface area contributed by atoms with Gasteiger partial charge in [0.2, 0.25) is 0 Å². The third-order valence-electron chi connectivity index (χ3n) is 2.28. The monoisotopic (exact) mass is 342 g/mol. The zero-order valence-corrected chi connectivity index (χ0v) is 12.6. The Kier molecular flexibility index (Phi) is 5.45. The predicted octanol–water partition coefficient (Wildman–Crippen LogP) is 1.84. The van der Waals surface area contributed by atoms with Crippen molar-refractivity contribution in [1.29, 1.82) is 0 Å². The first-order valence-corrected chi connectivity index (χ1v) is 8.05. The molecule has 0 bridgehead atoms. The Hall–Kier alpha value is -1.23. The molecule has 1 atom stereocenters. The van der Waals surface area contributed by atoms with E-state index in [1.807, 2.05) is 4.72 Å². The molecule has 1 aromatic heterocycles. The Balaban J connectivity index is 3.07. The number of nitrogens with zero attached hydrogens (tertiary/aromatic N) is 1. The van der Waals surface area contributed by atoms with Crippen LogP contribution in [0.25, 0.3) is 0 Å². The van der Waals surface area contributed by atoms with E-state index in [2.05, 4.69) is 0 Å². The summed E-state index contributed by atoms with van der Waals surface area (Å²) in [4.78, 5) is 20.7. The molecule has 0 spiro atoms. The van der Waals surface area contributed by atoms with E-state index in [9.17, 15) is 23.3 Å². The number of rotatable bonds is 7. The van der Waals surface area contributed by atoms with Gasteiger partial charge in [-0.3, -0.25) is 14.9 Å². The van der Waals surface area contributed by atoms with E-state index in [1.165, 1.54) is 0 Å².